The molecule has 0 N–H and O–H groups in total. The average Bonchev–Trinajstić information content (AvgIpc) is 2.79. The van der Waals surface area contributed by atoms with Crippen molar-refractivity contribution in [2.75, 3.05) is 29.9 Å². The smallest absolute Gasteiger partial charge is 0.229 e. The molecule has 0 bridgehead atoms. The van der Waals surface area contributed by atoms with Crippen LogP contribution in [0.25, 0.3) is 11.3 Å². The minimum Gasteiger partial charge on any atom is -0.356 e. The number of anilines is 2. The number of amides is 1. The van der Waals surface area contributed by atoms with E-state index in [0.717, 1.165) is 48.7 Å². The third-order valence-electron chi connectivity index (χ3n) is 5.36. The molecule has 2 aromatic carbocycles. The van der Waals surface area contributed by atoms with Gasteiger partial charge in [-0.15, -0.1) is 0 Å². The maximum atomic E-state index is 12.9. The van der Waals surface area contributed by atoms with Gasteiger partial charge >= 0.3 is 0 Å². The van der Waals surface area contributed by atoms with Gasteiger partial charge in [-0.3, -0.25) is 4.79 Å². The van der Waals surface area contributed by atoms with Gasteiger partial charge < -0.3 is 9.80 Å². The summed E-state index contributed by atoms with van der Waals surface area (Å²) in [6, 6.07) is 22.0. The molecule has 5 nitrogen and oxygen atoms in total. The Bertz CT molecular complexity index is 922. The minimum absolute atomic E-state index is 0.0527. The topological polar surface area (TPSA) is 49.3 Å². The van der Waals surface area contributed by atoms with Crippen molar-refractivity contribution in [1.82, 2.24) is 9.97 Å². The van der Waals surface area contributed by atoms with Crippen LogP contribution in [0.2, 0.25) is 0 Å². The van der Waals surface area contributed by atoms with Gasteiger partial charge in [0, 0.05) is 43.4 Å². The van der Waals surface area contributed by atoms with Crippen LogP contribution < -0.4 is 9.80 Å². The SMILES string of the molecule is CN(C(=O)C1CCN(c2cc(-c3ccccc3)ncn2)CC1)c1ccccc1. The van der Waals surface area contributed by atoms with E-state index in [1.807, 2.05) is 61.6 Å². The lowest BCUT2D eigenvalue weighted by Crippen LogP contribution is -2.41. The quantitative estimate of drug-likeness (QED) is 0.694. The fourth-order valence-corrected chi connectivity index (χ4v) is 3.70. The standard InChI is InChI=1S/C23H24N4O/c1-26(20-10-6-3-7-11-20)23(28)19-12-14-27(15-13-19)22-16-21(24-17-25-22)18-8-4-2-5-9-18/h2-11,16-17,19H,12-15H2,1H3. The number of hydrogen-bond acceptors (Lipinski definition) is 4. The highest BCUT2D eigenvalue weighted by atomic mass is 16.2. The van der Waals surface area contributed by atoms with Gasteiger partial charge in [-0.05, 0) is 25.0 Å². The number of para-hydroxylation sites is 1. The van der Waals surface area contributed by atoms with Gasteiger partial charge in [0.25, 0.3) is 0 Å². The van der Waals surface area contributed by atoms with E-state index in [2.05, 4.69) is 27.0 Å². The highest BCUT2D eigenvalue weighted by molar-refractivity contribution is 5.94. The molecule has 1 fully saturated rings. The first kappa shape index (κ1) is 18.2. The number of carbonyl (C=O) groups is 1. The molecule has 1 aromatic heterocycles. The van der Waals surface area contributed by atoms with Gasteiger partial charge in [-0.25, -0.2) is 9.97 Å². The third-order valence-corrected chi connectivity index (χ3v) is 5.36. The second-order valence-electron chi connectivity index (χ2n) is 7.12. The first-order valence-electron chi connectivity index (χ1n) is 9.67. The molecule has 0 aliphatic carbocycles. The summed E-state index contributed by atoms with van der Waals surface area (Å²) in [7, 11) is 1.86. The fourth-order valence-electron chi connectivity index (χ4n) is 3.70. The summed E-state index contributed by atoms with van der Waals surface area (Å²) < 4.78 is 0. The number of aromatic nitrogens is 2. The van der Waals surface area contributed by atoms with E-state index in [9.17, 15) is 4.79 Å². The zero-order valence-electron chi connectivity index (χ0n) is 16.0. The molecule has 142 valence electrons. The molecule has 0 atom stereocenters. The maximum absolute atomic E-state index is 12.9. The number of nitrogens with zero attached hydrogens (tertiary/aromatic N) is 4. The Hall–Kier alpha value is -3.21. The van der Waals surface area contributed by atoms with Crippen molar-refractivity contribution in [3.8, 4) is 11.3 Å². The van der Waals surface area contributed by atoms with Crippen molar-refractivity contribution in [3.05, 3.63) is 73.1 Å². The molecule has 0 spiro atoms. The summed E-state index contributed by atoms with van der Waals surface area (Å²) in [5.41, 5.74) is 2.95. The third kappa shape index (κ3) is 3.88. The molecule has 0 saturated carbocycles. The molecule has 2 heterocycles. The van der Waals surface area contributed by atoms with E-state index < -0.39 is 0 Å². The van der Waals surface area contributed by atoms with Gasteiger partial charge in [0.15, 0.2) is 0 Å². The summed E-state index contributed by atoms with van der Waals surface area (Å²) in [5, 5.41) is 0. The molecular formula is C23H24N4O. The van der Waals surface area contributed by atoms with Crippen LogP contribution in [0.3, 0.4) is 0 Å². The van der Waals surface area contributed by atoms with Crippen LogP contribution in [0.4, 0.5) is 11.5 Å². The van der Waals surface area contributed by atoms with Crippen LogP contribution in [-0.4, -0.2) is 36.0 Å². The average molecular weight is 372 g/mol. The molecule has 5 heteroatoms. The van der Waals surface area contributed by atoms with Crippen LogP contribution in [-0.2, 0) is 4.79 Å². The van der Waals surface area contributed by atoms with E-state index in [0.29, 0.717) is 0 Å². The fraction of sp³-hybridized carbons (Fsp3) is 0.261. The van der Waals surface area contributed by atoms with Gasteiger partial charge in [0.1, 0.15) is 12.1 Å². The van der Waals surface area contributed by atoms with Crippen molar-refractivity contribution < 1.29 is 4.79 Å². The number of carbonyl (C=O) groups excluding carboxylic acids is 1. The zero-order chi connectivity index (χ0) is 19.3. The largest absolute Gasteiger partial charge is 0.356 e. The maximum Gasteiger partial charge on any atom is 0.229 e. The van der Waals surface area contributed by atoms with Crippen LogP contribution in [0.5, 0.6) is 0 Å². The van der Waals surface area contributed by atoms with Crippen molar-refractivity contribution in [1.29, 1.82) is 0 Å². The second-order valence-corrected chi connectivity index (χ2v) is 7.12. The molecule has 1 amide bonds. The first-order chi connectivity index (χ1) is 13.7. The van der Waals surface area contributed by atoms with Gasteiger partial charge in [0.05, 0.1) is 5.69 Å². The molecule has 1 aliphatic heterocycles. The molecule has 3 aromatic rings. The zero-order valence-corrected chi connectivity index (χ0v) is 16.0. The summed E-state index contributed by atoms with van der Waals surface area (Å²) in [4.78, 5) is 25.8. The number of piperidine rings is 1. The van der Waals surface area contributed by atoms with Gasteiger partial charge in [0.2, 0.25) is 5.91 Å². The highest BCUT2D eigenvalue weighted by Gasteiger charge is 2.28. The van der Waals surface area contributed by atoms with Crippen LogP contribution in [0, 0.1) is 5.92 Å². The molecule has 28 heavy (non-hydrogen) atoms. The Balaban J connectivity index is 1.41. The summed E-state index contributed by atoms with van der Waals surface area (Å²) >= 11 is 0. The first-order valence-corrected chi connectivity index (χ1v) is 9.67. The predicted molar refractivity (Wildman–Crippen MR) is 112 cm³/mol. The normalized spacial score (nSPS) is 14.7. The minimum atomic E-state index is 0.0527. The lowest BCUT2D eigenvalue weighted by Gasteiger charge is -2.34. The van der Waals surface area contributed by atoms with E-state index in [4.69, 9.17) is 0 Å². The van der Waals surface area contributed by atoms with Gasteiger partial charge in [-0.2, -0.15) is 0 Å². The number of rotatable bonds is 4. The highest BCUT2D eigenvalue weighted by Crippen LogP contribution is 2.27. The Kier molecular flexibility index (Phi) is 5.33. The van der Waals surface area contributed by atoms with Crippen LogP contribution >= 0.6 is 0 Å². The van der Waals surface area contributed by atoms with Crippen LogP contribution in [0.1, 0.15) is 12.8 Å². The number of hydrogen-bond donors (Lipinski definition) is 0. The lowest BCUT2D eigenvalue weighted by molar-refractivity contribution is -0.122. The van der Waals surface area contributed by atoms with E-state index >= 15 is 0 Å². The van der Waals surface area contributed by atoms with E-state index in [1.54, 1.807) is 11.2 Å². The van der Waals surface area contributed by atoms with E-state index in [1.165, 1.54) is 0 Å². The summed E-state index contributed by atoms with van der Waals surface area (Å²) in [6.45, 7) is 1.65. The molecular weight excluding hydrogens is 348 g/mol. The summed E-state index contributed by atoms with van der Waals surface area (Å²) in [6.07, 6.45) is 3.29. The second kappa shape index (κ2) is 8.21. The van der Waals surface area contributed by atoms with Crippen molar-refractivity contribution in [2.45, 2.75) is 12.8 Å². The van der Waals surface area contributed by atoms with Crippen molar-refractivity contribution in [2.24, 2.45) is 5.92 Å². The van der Waals surface area contributed by atoms with Gasteiger partial charge in [-0.1, -0.05) is 48.5 Å². The van der Waals surface area contributed by atoms with Crippen molar-refractivity contribution in [3.63, 3.8) is 0 Å². The monoisotopic (exact) mass is 372 g/mol. The van der Waals surface area contributed by atoms with Crippen molar-refractivity contribution >= 4 is 17.4 Å². The summed E-state index contributed by atoms with van der Waals surface area (Å²) in [5.74, 6) is 1.17. The van der Waals surface area contributed by atoms with E-state index in [-0.39, 0.29) is 11.8 Å². The Labute approximate surface area is 165 Å². The Morgan fingerprint density at radius 3 is 2.29 bits per heavy atom. The molecule has 4 rings (SSSR count). The molecule has 1 aliphatic rings. The molecule has 0 unspecified atom stereocenters. The van der Waals surface area contributed by atoms with Crippen LogP contribution in [0.15, 0.2) is 73.1 Å². The lowest BCUT2D eigenvalue weighted by atomic mass is 9.95. The Morgan fingerprint density at radius 2 is 1.61 bits per heavy atom. The number of benzene rings is 2. The predicted octanol–water partition coefficient (Wildman–Crippen LogP) is 4.02. The molecule has 0 radical (unpaired) electrons. The Morgan fingerprint density at radius 1 is 0.964 bits per heavy atom. The molecule has 1 saturated heterocycles.